The van der Waals surface area contributed by atoms with Crippen molar-refractivity contribution in [1.82, 2.24) is 10.6 Å². The first-order chi connectivity index (χ1) is 10.2. The highest BCUT2D eigenvalue weighted by molar-refractivity contribution is 5.77. The smallest absolute Gasteiger partial charge is 0.234 e. The fourth-order valence-corrected chi connectivity index (χ4v) is 1.94. The Kier molecular flexibility index (Phi) is 5.91. The highest BCUT2D eigenvalue weighted by Crippen LogP contribution is 2.02. The van der Waals surface area contributed by atoms with Gasteiger partial charge in [-0.15, -0.1) is 0 Å². The van der Waals surface area contributed by atoms with Crippen LogP contribution in [-0.4, -0.2) is 19.0 Å². The molecule has 2 N–H and O–H groups in total. The summed E-state index contributed by atoms with van der Waals surface area (Å²) >= 11 is 0. The molecule has 0 radical (unpaired) electrons. The van der Waals surface area contributed by atoms with Crippen LogP contribution in [0.2, 0.25) is 0 Å². The van der Waals surface area contributed by atoms with E-state index in [9.17, 15) is 9.18 Å². The van der Waals surface area contributed by atoms with Crippen molar-refractivity contribution in [3.05, 3.63) is 71.5 Å². The first kappa shape index (κ1) is 15.2. The molecule has 0 fully saturated rings. The molecule has 0 saturated carbocycles. The topological polar surface area (TPSA) is 41.1 Å². The molecule has 0 saturated heterocycles. The van der Waals surface area contributed by atoms with Crippen LogP contribution < -0.4 is 10.6 Å². The van der Waals surface area contributed by atoms with Gasteiger partial charge in [0.1, 0.15) is 5.82 Å². The summed E-state index contributed by atoms with van der Waals surface area (Å²) < 4.78 is 12.7. The van der Waals surface area contributed by atoms with Crippen LogP contribution in [0.15, 0.2) is 54.6 Å². The lowest BCUT2D eigenvalue weighted by molar-refractivity contribution is -0.120. The van der Waals surface area contributed by atoms with Gasteiger partial charge in [-0.05, 0) is 36.2 Å². The molecular weight excluding hydrogens is 267 g/mol. The summed E-state index contributed by atoms with van der Waals surface area (Å²) in [6.07, 6.45) is 0.770. The minimum Gasteiger partial charge on any atom is -0.351 e. The Balaban J connectivity index is 1.60. The summed E-state index contributed by atoms with van der Waals surface area (Å²) in [5, 5.41) is 5.93. The monoisotopic (exact) mass is 286 g/mol. The molecule has 2 aromatic rings. The average Bonchev–Trinajstić information content (AvgIpc) is 2.52. The van der Waals surface area contributed by atoms with Crippen LogP contribution in [0.1, 0.15) is 11.1 Å². The lowest BCUT2D eigenvalue weighted by Crippen LogP contribution is -2.34. The standard InChI is InChI=1S/C17H19FN2O/c18-16-8-6-14(7-9-16)10-11-19-13-17(21)20-12-15-4-2-1-3-5-15/h1-9,19H,10-13H2,(H,20,21). The Labute approximate surface area is 124 Å². The molecule has 2 aromatic carbocycles. The number of benzene rings is 2. The van der Waals surface area contributed by atoms with E-state index < -0.39 is 0 Å². The van der Waals surface area contributed by atoms with E-state index in [0.717, 1.165) is 17.5 Å². The molecule has 0 aliphatic carbocycles. The molecule has 0 aliphatic heterocycles. The first-order valence-corrected chi connectivity index (χ1v) is 7.00. The molecule has 110 valence electrons. The van der Waals surface area contributed by atoms with Crippen LogP contribution in [0, 0.1) is 5.82 Å². The van der Waals surface area contributed by atoms with Crippen LogP contribution in [-0.2, 0) is 17.8 Å². The van der Waals surface area contributed by atoms with Gasteiger partial charge in [0.15, 0.2) is 0 Å². The van der Waals surface area contributed by atoms with Crippen molar-refractivity contribution in [3.63, 3.8) is 0 Å². The van der Waals surface area contributed by atoms with Crippen molar-refractivity contribution in [2.45, 2.75) is 13.0 Å². The molecule has 2 rings (SSSR count). The second-order valence-electron chi connectivity index (χ2n) is 4.82. The maximum atomic E-state index is 12.7. The predicted octanol–water partition coefficient (Wildman–Crippen LogP) is 2.27. The molecule has 0 aromatic heterocycles. The van der Waals surface area contributed by atoms with Crippen molar-refractivity contribution in [1.29, 1.82) is 0 Å². The lowest BCUT2D eigenvalue weighted by Gasteiger charge is -2.07. The molecule has 0 aliphatic rings. The summed E-state index contributed by atoms with van der Waals surface area (Å²) in [6.45, 7) is 1.51. The molecule has 1 amide bonds. The second kappa shape index (κ2) is 8.17. The van der Waals surface area contributed by atoms with Gasteiger partial charge < -0.3 is 10.6 Å². The van der Waals surface area contributed by atoms with E-state index >= 15 is 0 Å². The van der Waals surface area contributed by atoms with E-state index in [4.69, 9.17) is 0 Å². The third-order valence-electron chi connectivity index (χ3n) is 3.12. The van der Waals surface area contributed by atoms with Gasteiger partial charge in [0, 0.05) is 6.54 Å². The van der Waals surface area contributed by atoms with Crippen molar-refractivity contribution in [2.75, 3.05) is 13.1 Å². The van der Waals surface area contributed by atoms with Crippen LogP contribution >= 0.6 is 0 Å². The number of hydrogen-bond acceptors (Lipinski definition) is 2. The zero-order valence-corrected chi connectivity index (χ0v) is 11.8. The van der Waals surface area contributed by atoms with Gasteiger partial charge in [0.05, 0.1) is 6.54 Å². The largest absolute Gasteiger partial charge is 0.351 e. The van der Waals surface area contributed by atoms with Gasteiger partial charge in [0.25, 0.3) is 0 Å². The van der Waals surface area contributed by atoms with E-state index in [-0.39, 0.29) is 18.3 Å². The fraction of sp³-hybridized carbons (Fsp3) is 0.235. The summed E-state index contributed by atoms with van der Waals surface area (Å²) in [4.78, 5) is 11.6. The molecule has 0 bridgehead atoms. The molecule has 0 unspecified atom stereocenters. The summed E-state index contributed by atoms with van der Waals surface area (Å²) in [6, 6.07) is 16.2. The van der Waals surface area contributed by atoms with Crippen molar-refractivity contribution in [2.24, 2.45) is 0 Å². The number of carbonyl (C=O) groups is 1. The van der Waals surface area contributed by atoms with Crippen LogP contribution in [0.3, 0.4) is 0 Å². The Morgan fingerprint density at radius 2 is 1.67 bits per heavy atom. The minimum absolute atomic E-state index is 0.0297. The zero-order valence-electron chi connectivity index (χ0n) is 11.8. The van der Waals surface area contributed by atoms with Gasteiger partial charge in [0.2, 0.25) is 5.91 Å². The molecule has 4 heteroatoms. The molecular formula is C17H19FN2O. The second-order valence-corrected chi connectivity index (χ2v) is 4.82. The quantitative estimate of drug-likeness (QED) is 0.767. The van der Waals surface area contributed by atoms with Crippen molar-refractivity contribution in [3.8, 4) is 0 Å². The van der Waals surface area contributed by atoms with Crippen molar-refractivity contribution >= 4 is 5.91 Å². The third-order valence-corrected chi connectivity index (χ3v) is 3.12. The number of rotatable bonds is 7. The maximum absolute atomic E-state index is 12.7. The lowest BCUT2D eigenvalue weighted by atomic mass is 10.1. The number of carbonyl (C=O) groups excluding carboxylic acids is 1. The zero-order chi connectivity index (χ0) is 14.9. The SMILES string of the molecule is O=C(CNCCc1ccc(F)cc1)NCc1ccccc1. The summed E-state index contributed by atoms with van der Waals surface area (Å²) in [7, 11) is 0. The van der Waals surface area contributed by atoms with Crippen LogP contribution in [0.5, 0.6) is 0 Å². The number of halogens is 1. The number of nitrogens with one attached hydrogen (secondary N) is 2. The van der Waals surface area contributed by atoms with Gasteiger partial charge in [-0.25, -0.2) is 4.39 Å². The maximum Gasteiger partial charge on any atom is 0.234 e. The van der Waals surface area contributed by atoms with E-state index in [1.165, 1.54) is 12.1 Å². The van der Waals surface area contributed by atoms with Gasteiger partial charge in [-0.1, -0.05) is 42.5 Å². The number of hydrogen-bond donors (Lipinski definition) is 2. The molecule has 0 heterocycles. The summed E-state index contributed by atoms with van der Waals surface area (Å²) in [5.41, 5.74) is 2.13. The molecule has 21 heavy (non-hydrogen) atoms. The molecule has 3 nitrogen and oxygen atoms in total. The Morgan fingerprint density at radius 3 is 2.38 bits per heavy atom. The van der Waals surface area contributed by atoms with Crippen LogP contribution in [0.25, 0.3) is 0 Å². The fourth-order valence-electron chi connectivity index (χ4n) is 1.94. The van der Waals surface area contributed by atoms with Gasteiger partial charge in [-0.2, -0.15) is 0 Å². The Bertz CT molecular complexity index is 555. The number of amides is 1. The van der Waals surface area contributed by atoms with E-state index in [1.807, 2.05) is 30.3 Å². The van der Waals surface area contributed by atoms with Gasteiger partial charge >= 0.3 is 0 Å². The van der Waals surface area contributed by atoms with E-state index in [1.54, 1.807) is 12.1 Å². The van der Waals surface area contributed by atoms with E-state index in [2.05, 4.69) is 10.6 Å². The average molecular weight is 286 g/mol. The van der Waals surface area contributed by atoms with Gasteiger partial charge in [-0.3, -0.25) is 4.79 Å². The van der Waals surface area contributed by atoms with Crippen molar-refractivity contribution < 1.29 is 9.18 Å². The van der Waals surface area contributed by atoms with E-state index in [0.29, 0.717) is 13.1 Å². The normalized spacial score (nSPS) is 10.3. The summed E-state index contributed by atoms with van der Waals surface area (Å²) in [5.74, 6) is -0.259. The van der Waals surface area contributed by atoms with Crippen LogP contribution in [0.4, 0.5) is 4.39 Å². The first-order valence-electron chi connectivity index (χ1n) is 7.00. The minimum atomic E-state index is -0.230. The molecule has 0 spiro atoms. The highest BCUT2D eigenvalue weighted by Gasteiger charge is 2.00. The highest BCUT2D eigenvalue weighted by atomic mass is 19.1. The predicted molar refractivity (Wildman–Crippen MR) is 81.3 cm³/mol. The Morgan fingerprint density at radius 1 is 0.952 bits per heavy atom. The molecule has 0 atom stereocenters. The Hall–Kier alpha value is -2.20. The third kappa shape index (κ3) is 5.75.